The molecule has 0 unspecified atom stereocenters. The molecule has 0 aliphatic carbocycles. The molecule has 6 nitrogen and oxygen atoms in total. The molecule has 3 aromatic rings. The van der Waals surface area contributed by atoms with Crippen LogP contribution in [0.5, 0.6) is 0 Å². The second kappa shape index (κ2) is 8.82. The number of fused-ring (bicyclic) bond motifs is 1. The molecule has 0 aliphatic heterocycles. The Morgan fingerprint density at radius 3 is 2.34 bits per heavy atom. The minimum atomic E-state index is -0.648. The third-order valence-electron chi connectivity index (χ3n) is 4.81. The molecule has 1 atom stereocenters. The molecule has 0 radical (unpaired) electrons. The lowest BCUT2D eigenvalue weighted by atomic mass is 10.0. The van der Waals surface area contributed by atoms with Crippen LogP contribution in [0.2, 0.25) is 0 Å². The van der Waals surface area contributed by atoms with Gasteiger partial charge in [-0.1, -0.05) is 49.7 Å². The van der Waals surface area contributed by atoms with E-state index in [1.165, 1.54) is 0 Å². The van der Waals surface area contributed by atoms with Crippen molar-refractivity contribution in [2.75, 3.05) is 0 Å². The maximum absolute atomic E-state index is 12.7. The zero-order chi connectivity index (χ0) is 21.0. The van der Waals surface area contributed by atoms with Gasteiger partial charge in [-0.3, -0.25) is 9.59 Å². The fourth-order valence-corrected chi connectivity index (χ4v) is 3.11. The van der Waals surface area contributed by atoms with E-state index in [0.29, 0.717) is 11.4 Å². The Hall–Kier alpha value is -3.28. The van der Waals surface area contributed by atoms with Crippen LogP contribution in [0.4, 0.5) is 0 Å². The van der Waals surface area contributed by atoms with Gasteiger partial charge in [-0.15, -0.1) is 0 Å². The number of hydrogen-bond acceptors (Lipinski definition) is 4. The van der Waals surface area contributed by atoms with Gasteiger partial charge in [-0.05, 0) is 38.0 Å². The minimum Gasteiger partial charge on any atom is -0.347 e. The highest BCUT2D eigenvalue weighted by Gasteiger charge is 2.24. The zero-order valence-electron chi connectivity index (χ0n) is 17.2. The second-order valence-electron chi connectivity index (χ2n) is 7.52. The summed E-state index contributed by atoms with van der Waals surface area (Å²) in [4.78, 5) is 34.3. The number of amides is 2. The van der Waals surface area contributed by atoms with Crippen LogP contribution in [0.25, 0.3) is 10.9 Å². The number of aromatic nitrogens is 2. The molecule has 0 saturated carbocycles. The van der Waals surface area contributed by atoms with Crippen LogP contribution < -0.4 is 10.6 Å². The van der Waals surface area contributed by atoms with E-state index in [9.17, 15) is 9.59 Å². The highest BCUT2D eigenvalue weighted by molar-refractivity contribution is 5.97. The van der Waals surface area contributed by atoms with E-state index in [4.69, 9.17) is 0 Å². The van der Waals surface area contributed by atoms with Crippen LogP contribution in [0, 0.1) is 19.8 Å². The van der Waals surface area contributed by atoms with Gasteiger partial charge in [0.1, 0.15) is 11.9 Å². The molecule has 150 valence electrons. The zero-order valence-corrected chi connectivity index (χ0v) is 17.2. The lowest BCUT2D eigenvalue weighted by Crippen LogP contribution is -2.49. The minimum absolute atomic E-state index is 0.0661. The maximum Gasteiger partial charge on any atom is 0.251 e. The van der Waals surface area contributed by atoms with E-state index < -0.39 is 6.04 Å². The Morgan fingerprint density at radius 2 is 1.66 bits per heavy atom. The predicted octanol–water partition coefficient (Wildman–Crippen LogP) is 3.32. The van der Waals surface area contributed by atoms with Gasteiger partial charge >= 0.3 is 0 Å². The molecule has 0 saturated heterocycles. The van der Waals surface area contributed by atoms with Gasteiger partial charge in [0.2, 0.25) is 5.91 Å². The van der Waals surface area contributed by atoms with Gasteiger partial charge in [0.05, 0.1) is 12.1 Å². The van der Waals surface area contributed by atoms with E-state index in [0.717, 1.165) is 22.2 Å². The summed E-state index contributed by atoms with van der Waals surface area (Å²) in [5, 5.41) is 6.69. The summed E-state index contributed by atoms with van der Waals surface area (Å²) >= 11 is 0. The van der Waals surface area contributed by atoms with Crippen LogP contribution in [-0.4, -0.2) is 27.8 Å². The molecule has 6 heteroatoms. The van der Waals surface area contributed by atoms with Crippen LogP contribution >= 0.6 is 0 Å². The van der Waals surface area contributed by atoms with Crippen molar-refractivity contribution >= 4 is 22.7 Å². The average Bonchev–Trinajstić information content (AvgIpc) is 2.70. The maximum atomic E-state index is 12.7. The van der Waals surface area contributed by atoms with Gasteiger partial charge in [0, 0.05) is 16.6 Å². The Morgan fingerprint density at radius 1 is 0.966 bits per heavy atom. The molecule has 3 rings (SSSR count). The Balaban J connectivity index is 1.68. The summed E-state index contributed by atoms with van der Waals surface area (Å²) in [6, 6.07) is 14.4. The first-order valence-electron chi connectivity index (χ1n) is 9.72. The quantitative estimate of drug-likeness (QED) is 0.676. The molecule has 29 heavy (non-hydrogen) atoms. The molecule has 0 spiro atoms. The predicted molar refractivity (Wildman–Crippen MR) is 113 cm³/mol. The van der Waals surface area contributed by atoms with Gasteiger partial charge in [-0.2, -0.15) is 0 Å². The van der Waals surface area contributed by atoms with Crippen molar-refractivity contribution < 1.29 is 9.59 Å². The van der Waals surface area contributed by atoms with Crippen LogP contribution in [0.15, 0.2) is 48.5 Å². The lowest BCUT2D eigenvalue weighted by molar-refractivity contribution is -0.124. The highest BCUT2D eigenvalue weighted by Crippen LogP contribution is 2.14. The Bertz CT molecular complexity index is 1030. The fourth-order valence-electron chi connectivity index (χ4n) is 3.11. The van der Waals surface area contributed by atoms with Gasteiger partial charge < -0.3 is 10.6 Å². The van der Waals surface area contributed by atoms with Crippen molar-refractivity contribution in [3.63, 3.8) is 0 Å². The molecule has 0 bridgehead atoms. The Labute approximate surface area is 170 Å². The summed E-state index contributed by atoms with van der Waals surface area (Å²) in [5.41, 5.74) is 3.32. The third kappa shape index (κ3) is 4.96. The Kier molecular flexibility index (Phi) is 6.22. The number of aryl methyl sites for hydroxylation is 2. The molecule has 2 N–H and O–H groups in total. The van der Waals surface area contributed by atoms with E-state index >= 15 is 0 Å². The number of carbonyl (C=O) groups is 2. The SMILES string of the molecule is Cc1ccc(C(=O)N[C@H](C(=O)NCc2nc(C)c3ccccc3n2)C(C)C)cc1. The highest BCUT2D eigenvalue weighted by atomic mass is 16.2. The number of para-hydroxylation sites is 1. The van der Waals surface area contributed by atoms with Crippen molar-refractivity contribution in [3.05, 3.63) is 71.2 Å². The molecule has 2 aromatic carbocycles. The van der Waals surface area contributed by atoms with E-state index in [1.807, 2.05) is 64.1 Å². The van der Waals surface area contributed by atoms with Crippen LogP contribution in [0.1, 0.15) is 41.3 Å². The molecule has 1 heterocycles. The van der Waals surface area contributed by atoms with Gasteiger partial charge in [0.15, 0.2) is 0 Å². The number of hydrogen-bond donors (Lipinski definition) is 2. The smallest absolute Gasteiger partial charge is 0.251 e. The van der Waals surface area contributed by atoms with Gasteiger partial charge in [-0.25, -0.2) is 9.97 Å². The summed E-state index contributed by atoms with van der Waals surface area (Å²) in [6.07, 6.45) is 0. The number of nitrogens with one attached hydrogen (secondary N) is 2. The molecule has 0 fully saturated rings. The summed E-state index contributed by atoms with van der Waals surface area (Å²) in [6.45, 7) is 7.89. The third-order valence-corrected chi connectivity index (χ3v) is 4.81. The first-order valence-corrected chi connectivity index (χ1v) is 9.72. The standard InChI is InChI=1S/C23H26N4O2/c1-14(2)21(27-22(28)17-11-9-15(3)10-12-17)23(29)24-13-20-25-16(4)18-7-5-6-8-19(18)26-20/h5-12,14,21H,13H2,1-4H3,(H,24,29)(H,27,28)/t21-/m0/s1. The average molecular weight is 390 g/mol. The van der Waals surface area contributed by atoms with E-state index in [2.05, 4.69) is 20.6 Å². The topological polar surface area (TPSA) is 84.0 Å². The number of nitrogens with zero attached hydrogens (tertiary/aromatic N) is 2. The molecule has 2 amide bonds. The second-order valence-corrected chi connectivity index (χ2v) is 7.52. The first-order chi connectivity index (χ1) is 13.8. The van der Waals surface area contributed by atoms with E-state index in [-0.39, 0.29) is 24.3 Å². The number of carbonyl (C=O) groups excluding carboxylic acids is 2. The molecular formula is C23H26N4O2. The van der Waals surface area contributed by atoms with Gasteiger partial charge in [0.25, 0.3) is 5.91 Å². The van der Waals surface area contributed by atoms with Crippen LogP contribution in [0.3, 0.4) is 0 Å². The summed E-state index contributed by atoms with van der Waals surface area (Å²) < 4.78 is 0. The largest absolute Gasteiger partial charge is 0.347 e. The molecular weight excluding hydrogens is 364 g/mol. The monoisotopic (exact) mass is 390 g/mol. The van der Waals surface area contributed by atoms with Crippen LogP contribution in [-0.2, 0) is 11.3 Å². The van der Waals surface area contributed by atoms with Crippen molar-refractivity contribution in [1.29, 1.82) is 0 Å². The molecule has 1 aromatic heterocycles. The summed E-state index contributed by atoms with van der Waals surface area (Å²) in [7, 11) is 0. The number of benzene rings is 2. The normalized spacial score (nSPS) is 12.0. The van der Waals surface area contributed by atoms with Crippen molar-refractivity contribution in [2.45, 2.75) is 40.3 Å². The summed E-state index contributed by atoms with van der Waals surface area (Å²) in [5.74, 6) is -0.0444. The van der Waals surface area contributed by atoms with E-state index in [1.54, 1.807) is 12.1 Å². The molecule has 0 aliphatic rings. The number of rotatable bonds is 6. The fraction of sp³-hybridized carbons (Fsp3) is 0.304. The van der Waals surface area contributed by atoms with Crippen molar-refractivity contribution in [2.24, 2.45) is 5.92 Å². The first kappa shape index (κ1) is 20.5. The van der Waals surface area contributed by atoms with Crippen molar-refractivity contribution in [1.82, 2.24) is 20.6 Å². The van der Waals surface area contributed by atoms with Crippen molar-refractivity contribution in [3.8, 4) is 0 Å². The lowest BCUT2D eigenvalue weighted by Gasteiger charge is -2.21.